The van der Waals surface area contributed by atoms with E-state index in [1.165, 1.54) is 11.1 Å². The van der Waals surface area contributed by atoms with Crippen LogP contribution in [0.25, 0.3) is 33.1 Å². The van der Waals surface area contributed by atoms with E-state index in [1.54, 1.807) is 13.3 Å². The topological polar surface area (TPSA) is 77.8 Å². The average molecular weight is 369 g/mol. The first kappa shape index (κ1) is 16.7. The number of nitrogens with one attached hydrogen (secondary N) is 1. The van der Waals surface area contributed by atoms with Crippen molar-refractivity contribution in [2.75, 3.05) is 20.7 Å². The zero-order valence-electron chi connectivity index (χ0n) is 15.8. The Labute approximate surface area is 162 Å². The van der Waals surface area contributed by atoms with Gasteiger partial charge in [-0.25, -0.2) is 9.97 Å². The van der Waals surface area contributed by atoms with Crippen molar-refractivity contribution in [1.29, 1.82) is 5.26 Å². The van der Waals surface area contributed by atoms with Gasteiger partial charge >= 0.3 is 0 Å². The van der Waals surface area contributed by atoms with Gasteiger partial charge in [-0.15, -0.1) is 0 Å². The Kier molecular flexibility index (Phi) is 3.78. The lowest BCUT2D eigenvalue weighted by atomic mass is 9.94. The highest BCUT2D eigenvalue weighted by molar-refractivity contribution is 6.07. The Morgan fingerprint density at radius 3 is 2.82 bits per heavy atom. The first-order valence-corrected chi connectivity index (χ1v) is 9.22. The van der Waals surface area contributed by atoms with Crippen LogP contribution in [0.4, 0.5) is 0 Å². The van der Waals surface area contributed by atoms with Crippen LogP contribution in [0.5, 0.6) is 5.75 Å². The van der Waals surface area contributed by atoms with Gasteiger partial charge in [-0.2, -0.15) is 5.26 Å². The number of ether oxygens (including phenoxy) is 1. The normalized spacial score (nSPS) is 14.2. The second-order valence-corrected chi connectivity index (χ2v) is 7.28. The van der Waals surface area contributed by atoms with Gasteiger partial charge in [0, 0.05) is 41.2 Å². The molecule has 5 rings (SSSR count). The number of nitriles is 1. The monoisotopic (exact) mass is 369 g/mol. The summed E-state index contributed by atoms with van der Waals surface area (Å²) in [5, 5.41) is 11.1. The summed E-state index contributed by atoms with van der Waals surface area (Å²) < 4.78 is 5.70. The van der Waals surface area contributed by atoms with E-state index in [2.05, 4.69) is 51.2 Å². The minimum atomic E-state index is 0.401. The van der Waals surface area contributed by atoms with E-state index in [9.17, 15) is 5.26 Å². The molecule has 3 aromatic heterocycles. The molecule has 0 unspecified atom stereocenters. The molecule has 0 atom stereocenters. The highest BCUT2D eigenvalue weighted by Crippen LogP contribution is 2.35. The maximum Gasteiger partial charge on any atom is 0.141 e. The lowest BCUT2D eigenvalue weighted by Gasteiger charge is -2.27. The van der Waals surface area contributed by atoms with Crippen molar-refractivity contribution in [3.8, 4) is 22.9 Å². The number of aromatic nitrogens is 3. The van der Waals surface area contributed by atoms with Gasteiger partial charge < -0.3 is 14.6 Å². The molecule has 0 bridgehead atoms. The van der Waals surface area contributed by atoms with Crippen LogP contribution in [-0.2, 0) is 13.0 Å². The zero-order valence-corrected chi connectivity index (χ0v) is 15.8. The third kappa shape index (κ3) is 2.60. The van der Waals surface area contributed by atoms with Crippen molar-refractivity contribution in [1.82, 2.24) is 19.9 Å². The second-order valence-electron chi connectivity index (χ2n) is 7.28. The molecule has 1 aromatic carbocycles. The Morgan fingerprint density at radius 2 is 2.00 bits per heavy atom. The Balaban J connectivity index is 1.69. The number of pyridine rings is 2. The minimum Gasteiger partial charge on any atom is -0.496 e. The molecule has 138 valence electrons. The van der Waals surface area contributed by atoms with E-state index in [-0.39, 0.29) is 0 Å². The van der Waals surface area contributed by atoms with Crippen LogP contribution in [-0.4, -0.2) is 40.6 Å². The van der Waals surface area contributed by atoms with Crippen molar-refractivity contribution in [2.45, 2.75) is 13.0 Å². The third-order valence-electron chi connectivity index (χ3n) is 5.49. The SMILES string of the molecule is COc1cc(-c2cnc3[nH]c4cnc(C#N)cc4c3c2)cc2c1CN(C)CC2. The molecule has 6 heteroatoms. The van der Waals surface area contributed by atoms with Crippen LogP contribution in [0.2, 0.25) is 0 Å². The van der Waals surface area contributed by atoms with Gasteiger partial charge in [0.05, 0.1) is 18.8 Å². The molecule has 1 aliphatic heterocycles. The molecule has 4 heterocycles. The summed E-state index contributed by atoms with van der Waals surface area (Å²) in [6, 6.07) is 10.4. The van der Waals surface area contributed by atoms with E-state index < -0.39 is 0 Å². The van der Waals surface area contributed by atoms with E-state index in [0.717, 1.165) is 58.3 Å². The van der Waals surface area contributed by atoms with Crippen LogP contribution in [0.1, 0.15) is 16.8 Å². The van der Waals surface area contributed by atoms with Gasteiger partial charge in [0.15, 0.2) is 0 Å². The molecule has 0 amide bonds. The first-order valence-electron chi connectivity index (χ1n) is 9.22. The molecule has 0 saturated heterocycles. The Morgan fingerprint density at radius 1 is 1.11 bits per heavy atom. The molecule has 1 aliphatic rings. The smallest absolute Gasteiger partial charge is 0.141 e. The van der Waals surface area contributed by atoms with E-state index in [4.69, 9.17) is 4.74 Å². The third-order valence-corrected chi connectivity index (χ3v) is 5.49. The summed E-state index contributed by atoms with van der Waals surface area (Å²) in [6.07, 6.45) is 4.58. The second kappa shape index (κ2) is 6.32. The van der Waals surface area contributed by atoms with Gasteiger partial charge in [-0.05, 0) is 42.8 Å². The number of nitrogens with zero attached hydrogens (tertiary/aromatic N) is 4. The van der Waals surface area contributed by atoms with Crippen molar-refractivity contribution < 1.29 is 4.74 Å². The molecule has 4 aromatic rings. The fourth-order valence-corrected chi connectivity index (χ4v) is 4.01. The summed E-state index contributed by atoms with van der Waals surface area (Å²) in [6.45, 7) is 1.95. The standard InChI is InChI=1S/C22H19N5O/c1-27-4-3-13-5-14(7-21(28-2)19(13)12-27)15-6-18-17-8-16(9-23)24-11-20(17)26-22(18)25-10-15/h5-8,10-11H,3-4,12H2,1-2H3,(H,25,26). The van der Waals surface area contributed by atoms with Gasteiger partial charge in [-0.1, -0.05) is 6.07 Å². The van der Waals surface area contributed by atoms with Gasteiger partial charge in [0.2, 0.25) is 0 Å². The van der Waals surface area contributed by atoms with E-state index in [0.29, 0.717) is 5.69 Å². The summed E-state index contributed by atoms with van der Waals surface area (Å²) in [7, 11) is 3.86. The largest absolute Gasteiger partial charge is 0.496 e. The molecular formula is C22H19N5O. The molecule has 0 saturated carbocycles. The summed E-state index contributed by atoms with van der Waals surface area (Å²) >= 11 is 0. The maximum absolute atomic E-state index is 9.17. The lowest BCUT2D eigenvalue weighted by Crippen LogP contribution is -2.27. The summed E-state index contributed by atoms with van der Waals surface area (Å²) in [5.41, 5.74) is 6.81. The summed E-state index contributed by atoms with van der Waals surface area (Å²) in [5.74, 6) is 0.925. The predicted molar refractivity (Wildman–Crippen MR) is 108 cm³/mol. The molecule has 1 N–H and O–H groups in total. The van der Waals surface area contributed by atoms with Crippen molar-refractivity contribution in [3.05, 3.63) is 53.5 Å². The number of aromatic amines is 1. The number of benzene rings is 1. The van der Waals surface area contributed by atoms with Crippen LogP contribution in [0, 0.1) is 11.3 Å². The predicted octanol–water partition coefficient (Wildman–Crippen LogP) is 3.65. The number of fused-ring (bicyclic) bond motifs is 4. The van der Waals surface area contributed by atoms with Gasteiger partial charge in [0.1, 0.15) is 23.2 Å². The zero-order chi connectivity index (χ0) is 19.3. The number of hydrogen-bond acceptors (Lipinski definition) is 5. The molecular weight excluding hydrogens is 350 g/mol. The molecule has 6 nitrogen and oxygen atoms in total. The number of hydrogen-bond donors (Lipinski definition) is 1. The fourth-order valence-electron chi connectivity index (χ4n) is 4.01. The highest BCUT2D eigenvalue weighted by atomic mass is 16.5. The molecule has 0 aliphatic carbocycles. The maximum atomic E-state index is 9.17. The molecule has 28 heavy (non-hydrogen) atoms. The first-order chi connectivity index (χ1) is 13.7. The van der Waals surface area contributed by atoms with Crippen molar-refractivity contribution in [2.24, 2.45) is 0 Å². The minimum absolute atomic E-state index is 0.401. The van der Waals surface area contributed by atoms with E-state index >= 15 is 0 Å². The Hall–Kier alpha value is -3.43. The van der Waals surface area contributed by atoms with Gasteiger partial charge in [-0.3, -0.25) is 0 Å². The van der Waals surface area contributed by atoms with Crippen molar-refractivity contribution in [3.63, 3.8) is 0 Å². The number of H-pyrrole nitrogens is 1. The van der Waals surface area contributed by atoms with Crippen LogP contribution < -0.4 is 4.74 Å². The number of rotatable bonds is 2. The molecule has 0 spiro atoms. The lowest BCUT2D eigenvalue weighted by molar-refractivity contribution is 0.302. The quantitative estimate of drug-likeness (QED) is 0.584. The Bertz CT molecular complexity index is 1250. The molecule has 0 radical (unpaired) electrons. The van der Waals surface area contributed by atoms with Crippen LogP contribution in [0.15, 0.2) is 36.7 Å². The van der Waals surface area contributed by atoms with Gasteiger partial charge in [0.25, 0.3) is 0 Å². The number of likely N-dealkylation sites (N-methyl/N-ethyl adjacent to an activating group) is 1. The highest BCUT2D eigenvalue weighted by Gasteiger charge is 2.19. The summed E-state index contributed by atoms with van der Waals surface area (Å²) in [4.78, 5) is 14.3. The number of methoxy groups -OCH3 is 1. The fraction of sp³-hybridized carbons (Fsp3) is 0.227. The van der Waals surface area contributed by atoms with Crippen molar-refractivity contribution >= 4 is 21.9 Å². The van der Waals surface area contributed by atoms with Crippen LogP contribution in [0.3, 0.4) is 0 Å². The van der Waals surface area contributed by atoms with E-state index in [1.807, 2.05) is 12.3 Å². The van der Waals surface area contributed by atoms with Crippen LogP contribution >= 0.6 is 0 Å². The average Bonchev–Trinajstić information content (AvgIpc) is 3.09. The molecule has 0 fully saturated rings.